The average Bonchev–Trinajstić information content (AvgIpc) is 2.61. The van der Waals surface area contributed by atoms with Crippen LogP contribution in [-0.2, 0) is 16.0 Å². The topological polar surface area (TPSA) is 52.3 Å². The third-order valence-electron chi connectivity index (χ3n) is 4.00. The number of fused-ring (bicyclic) bond motifs is 1. The quantitative estimate of drug-likeness (QED) is 0.750. The molecule has 0 bridgehead atoms. The molecule has 116 valence electrons. The Morgan fingerprint density at radius 1 is 0.957 bits per heavy atom. The van der Waals surface area contributed by atoms with E-state index in [0.717, 1.165) is 11.1 Å². The third-order valence-corrected chi connectivity index (χ3v) is 4.00. The third kappa shape index (κ3) is 3.41. The van der Waals surface area contributed by atoms with Crippen molar-refractivity contribution in [3.05, 3.63) is 72.3 Å². The molecule has 0 aliphatic rings. The highest BCUT2D eigenvalue weighted by atomic mass is 16.5. The van der Waals surface area contributed by atoms with Gasteiger partial charge in [0.1, 0.15) is 6.04 Å². The van der Waals surface area contributed by atoms with Gasteiger partial charge in [0, 0.05) is 0 Å². The molecule has 0 aromatic heterocycles. The Morgan fingerprint density at radius 3 is 2.30 bits per heavy atom. The molecule has 1 unspecified atom stereocenters. The van der Waals surface area contributed by atoms with Crippen molar-refractivity contribution in [2.24, 2.45) is 5.73 Å². The van der Waals surface area contributed by atoms with Crippen LogP contribution in [0.4, 0.5) is 0 Å². The molecule has 0 fully saturated rings. The molecule has 23 heavy (non-hydrogen) atoms. The fraction of sp³-hybridized carbons (Fsp3) is 0.150. The van der Waals surface area contributed by atoms with Crippen LogP contribution in [0.5, 0.6) is 0 Å². The lowest BCUT2D eigenvalue weighted by Gasteiger charge is -2.10. The van der Waals surface area contributed by atoms with Crippen molar-refractivity contribution >= 4 is 16.7 Å². The van der Waals surface area contributed by atoms with Gasteiger partial charge < -0.3 is 10.5 Å². The van der Waals surface area contributed by atoms with Crippen LogP contribution in [0.15, 0.2) is 66.7 Å². The van der Waals surface area contributed by atoms with Crippen LogP contribution in [0, 0.1) is 0 Å². The second-order valence-corrected chi connectivity index (χ2v) is 5.59. The van der Waals surface area contributed by atoms with E-state index in [1.807, 2.05) is 24.3 Å². The Morgan fingerprint density at radius 2 is 1.61 bits per heavy atom. The molecular weight excluding hydrogens is 286 g/mol. The van der Waals surface area contributed by atoms with Gasteiger partial charge in [-0.1, -0.05) is 60.7 Å². The summed E-state index contributed by atoms with van der Waals surface area (Å²) in [6.45, 7) is 0. The predicted octanol–water partition coefficient (Wildman–Crippen LogP) is 3.55. The van der Waals surface area contributed by atoms with Gasteiger partial charge in [-0.3, -0.25) is 4.79 Å². The Bertz CT molecular complexity index is 824. The number of hydrogen-bond donors (Lipinski definition) is 1. The number of rotatable bonds is 4. The lowest BCUT2D eigenvalue weighted by molar-refractivity contribution is -0.142. The minimum Gasteiger partial charge on any atom is -0.468 e. The van der Waals surface area contributed by atoms with Crippen molar-refractivity contribution in [1.82, 2.24) is 0 Å². The van der Waals surface area contributed by atoms with Crippen LogP contribution in [-0.4, -0.2) is 19.1 Å². The zero-order valence-electron chi connectivity index (χ0n) is 13.0. The summed E-state index contributed by atoms with van der Waals surface area (Å²) in [7, 11) is 1.35. The van der Waals surface area contributed by atoms with Crippen molar-refractivity contribution in [2.45, 2.75) is 12.5 Å². The summed E-state index contributed by atoms with van der Waals surface area (Å²) in [5, 5.41) is 2.46. The monoisotopic (exact) mass is 305 g/mol. The zero-order chi connectivity index (χ0) is 16.2. The number of carbonyl (C=O) groups is 1. The normalized spacial score (nSPS) is 12.1. The van der Waals surface area contributed by atoms with E-state index in [-0.39, 0.29) is 5.97 Å². The van der Waals surface area contributed by atoms with E-state index in [9.17, 15) is 4.79 Å². The van der Waals surface area contributed by atoms with Crippen LogP contribution < -0.4 is 5.73 Å². The van der Waals surface area contributed by atoms with E-state index >= 15 is 0 Å². The summed E-state index contributed by atoms with van der Waals surface area (Å²) in [4.78, 5) is 11.4. The van der Waals surface area contributed by atoms with E-state index in [1.165, 1.54) is 23.4 Å². The highest BCUT2D eigenvalue weighted by Gasteiger charge is 2.14. The van der Waals surface area contributed by atoms with Gasteiger partial charge in [0.05, 0.1) is 7.11 Å². The summed E-state index contributed by atoms with van der Waals surface area (Å²) in [5.74, 6) is -0.386. The fourth-order valence-electron chi connectivity index (χ4n) is 2.69. The van der Waals surface area contributed by atoms with Crippen molar-refractivity contribution in [1.29, 1.82) is 0 Å². The van der Waals surface area contributed by atoms with Crippen LogP contribution in [0.2, 0.25) is 0 Å². The van der Waals surface area contributed by atoms with Gasteiger partial charge in [-0.05, 0) is 39.9 Å². The lowest BCUT2D eigenvalue weighted by atomic mass is 9.99. The SMILES string of the molecule is COC(=O)C(N)Cc1ccc(-c2ccc3ccccc3c2)cc1. The maximum Gasteiger partial charge on any atom is 0.322 e. The summed E-state index contributed by atoms with van der Waals surface area (Å²) >= 11 is 0. The highest BCUT2D eigenvalue weighted by Crippen LogP contribution is 2.24. The van der Waals surface area contributed by atoms with Crippen molar-refractivity contribution in [2.75, 3.05) is 7.11 Å². The maximum absolute atomic E-state index is 11.4. The first kappa shape index (κ1) is 15.3. The summed E-state index contributed by atoms with van der Waals surface area (Å²) in [6, 6.07) is 22.3. The number of benzene rings is 3. The van der Waals surface area contributed by atoms with E-state index in [0.29, 0.717) is 6.42 Å². The summed E-state index contributed by atoms with van der Waals surface area (Å²) in [5.41, 5.74) is 9.14. The van der Waals surface area contributed by atoms with Crippen LogP contribution in [0.3, 0.4) is 0 Å². The second-order valence-electron chi connectivity index (χ2n) is 5.59. The molecule has 0 spiro atoms. The van der Waals surface area contributed by atoms with Crippen LogP contribution in [0.25, 0.3) is 21.9 Å². The van der Waals surface area contributed by atoms with Crippen molar-refractivity contribution in [3.63, 3.8) is 0 Å². The molecule has 2 N–H and O–H groups in total. The molecule has 1 atom stereocenters. The molecule has 3 heteroatoms. The number of hydrogen-bond acceptors (Lipinski definition) is 3. The van der Waals surface area contributed by atoms with Crippen molar-refractivity contribution in [3.8, 4) is 11.1 Å². The molecule has 3 aromatic rings. The molecule has 0 amide bonds. The van der Waals surface area contributed by atoms with Gasteiger partial charge in [0.25, 0.3) is 0 Å². The van der Waals surface area contributed by atoms with E-state index in [1.54, 1.807) is 0 Å². The van der Waals surface area contributed by atoms with Gasteiger partial charge in [-0.25, -0.2) is 0 Å². The van der Waals surface area contributed by atoms with Crippen LogP contribution >= 0.6 is 0 Å². The van der Waals surface area contributed by atoms with Gasteiger partial charge in [0.2, 0.25) is 0 Å². The van der Waals surface area contributed by atoms with Crippen LogP contribution in [0.1, 0.15) is 5.56 Å². The molecular formula is C20H19NO2. The lowest BCUT2D eigenvalue weighted by Crippen LogP contribution is -2.33. The fourth-order valence-corrected chi connectivity index (χ4v) is 2.69. The number of methoxy groups -OCH3 is 1. The molecule has 3 nitrogen and oxygen atoms in total. The Labute approximate surface area is 135 Å². The van der Waals surface area contributed by atoms with Gasteiger partial charge >= 0.3 is 5.97 Å². The highest BCUT2D eigenvalue weighted by molar-refractivity contribution is 5.87. The number of ether oxygens (including phenoxy) is 1. The summed E-state index contributed by atoms with van der Waals surface area (Å²) in [6.07, 6.45) is 0.477. The number of esters is 1. The molecule has 0 aliphatic heterocycles. The molecule has 0 saturated carbocycles. The maximum atomic E-state index is 11.4. The van der Waals surface area contributed by atoms with Gasteiger partial charge in [-0.15, -0.1) is 0 Å². The Hall–Kier alpha value is -2.65. The zero-order valence-corrected chi connectivity index (χ0v) is 13.0. The number of nitrogens with two attached hydrogens (primary N) is 1. The van der Waals surface area contributed by atoms with Gasteiger partial charge in [-0.2, -0.15) is 0 Å². The molecule has 3 aromatic carbocycles. The molecule has 0 saturated heterocycles. The van der Waals surface area contributed by atoms with Gasteiger partial charge in [0.15, 0.2) is 0 Å². The molecule has 3 rings (SSSR count). The largest absolute Gasteiger partial charge is 0.468 e. The standard InChI is InChI=1S/C20H19NO2/c1-23-20(22)19(21)12-14-6-8-16(9-7-14)18-11-10-15-4-2-3-5-17(15)13-18/h2-11,13,19H,12,21H2,1H3. The van der Waals surface area contributed by atoms with E-state index < -0.39 is 6.04 Å². The Balaban J connectivity index is 1.82. The first-order valence-corrected chi connectivity index (χ1v) is 7.59. The minimum atomic E-state index is -0.619. The number of carbonyl (C=O) groups excluding carboxylic acids is 1. The predicted molar refractivity (Wildman–Crippen MR) is 93.1 cm³/mol. The first-order valence-electron chi connectivity index (χ1n) is 7.59. The Kier molecular flexibility index (Phi) is 4.40. The minimum absolute atomic E-state index is 0.386. The average molecular weight is 305 g/mol. The summed E-state index contributed by atoms with van der Waals surface area (Å²) < 4.78 is 4.65. The molecule has 0 radical (unpaired) electrons. The van der Waals surface area contributed by atoms with E-state index in [2.05, 4.69) is 47.2 Å². The van der Waals surface area contributed by atoms with Crippen molar-refractivity contribution < 1.29 is 9.53 Å². The molecule has 0 heterocycles. The van der Waals surface area contributed by atoms with E-state index in [4.69, 9.17) is 5.73 Å². The molecule has 0 aliphatic carbocycles. The smallest absolute Gasteiger partial charge is 0.322 e. The second kappa shape index (κ2) is 6.63. The first-order chi connectivity index (χ1) is 11.2.